The molecular weight excluding hydrogens is 200 g/mol. The summed E-state index contributed by atoms with van der Waals surface area (Å²) in [6, 6.07) is 6.11. The molecule has 3 heteroatoms. The van der Waals surface area contributed by atoms with Gasteiger partial charge in [0.1, 0.15) is 0 Å². The molecule has 0 atom stereocenters. The summed E-state index contributed by atoms with van der Waals surface area (Å²) >= 11 is 0. The Morgan fingerprint density at radius 2 is 2.06 bits per heavy atom. The van der Waals surface area contributed by atoms with Crippen LogP contribution in [0.15, 0.2) is 18.2 Å². The van der Waals surface area contributed by atoms with Gasteiger partial charge in [0.15, 0.2) is 0 Å². The van der Waals surface area contributed by atoms with Crippen LogP contribution in [0.5, 0.6) is 0 Å². The molecule has 0 radical (unpaired) electrons. The predicted octanol–water partition coefficient (Wildman–Crippen LogP) is 2.81. The van der Waals surface area contributed by atoms with Crippen LogP contribution < -0.4 is 11.1 Å². The molecule has 0 aliphatic heterocycles. The first kappa shape index (κ1) is 12.8. The van der Waals surface area contributed by atoms with Gasteiger partial charge in [0.2, 0.25) is 0 Å². The second kappa shape index (κ2) is 7.12. The molecular formula is C13H22N2O. The highest BCUT2D eigenvalue weighted by molar-refractivity contribution is 5.66. The number of nitrogens with two attached hydrogens (primary N) is 1. The van der Waals surface area contributed by atoms with Crippen molar-refractivity contribution < 1.29 is 4.74 Å². The lowest BCUT2D eigenvalue weighted by atomic mass is 10.2. The van der Waals surface area contributed by atoms with Crippen LogP contribution >= 0.6 is 0 Å². The van der Waals surface area contributed by atoms with E-state index in [-0.39, 0.29) is 0 Å². The number of benzene rings is 1. The van der Waals surface area contributed by atoms with Gasteiger partial charge < -0.3 is 15.8 Å². The van der Waals surface area contributed by atoms with Gasteiger partial charge in [-0.25, -0.2) is 0 Å². The maximum atomic E-state index is 5.90. The summed E-state index contributed by atoms with van der Waals surface area (Å²) < 4.78 is 5.00. The molecule has 0 unspecified atom stereocenters. The Balaban J connectivity index is 2.21. The van der Waals surface area contributed by atoms with Gasteiger partial charge in [-0.15, -0.1) is 0 Å². The van der Waals surface area contributed by atoms with Crippen LogP contribution in [0.3, 0.4) is 0 Å². The van der Waals surface area contributed by atoms with Crippen LogP contribution in [0.25, 0.3) is 0 Å². The number of methoxy groups -OCH3 is 1. The topological polar surface area (TPSA) is 47.3 Å². The monoisotopic (exact) mass is 222 g/mol. The maximum Gasteiger partial charge on any atom is 0.0574 e. The zero-order valence-corrected chi connectivity index (χ0v) is 10.3. The molecule has 1 rings (SSSR count). The molecule has 0 heterocycles. The highest BCUT2D eigenvalue weighted by atomic mass is 16.5. The van der Waals surface area contributed by atoms with Crippen molar-refractivity contribution in [3.63, 3.8) is 0 Å². The highest BCUT2D eigenvalue weighted by Crippen LogP contribution is 2.19. The van der Waals surface area contributed by atoms with Crippen LogP contribution in [-0.2, 0) is 4.74 Å². The van der Waals surface area contributed by atoms with Crippen LogP contribution in [0.4, 0.5) is 11.4 Å². The highest BCUT2D eigenvalue weighted by Gasteiger charge is 1.97. The van der Waals surface area contributed by atoms with Crippen molar-refractivity contribution in [2.45, 2.75) is 26.2 Å². The van der Waals surface area contributed by atoms with Crippen molar-refractivity contribution in [1.82, 2.24) is 0 Å². The fourth-order valence-corrected chi connectivity index (χ4v) is 1.61. The molecule has 0 saturated carbocycles. The maximum absolute atomic E-state index is 5.90. The Bertz CT molecular complexity index is 313. The van der Waals surface area contributed by atoms with E-state index in [9.17, 15) is 0 Å². The Morgan fingerprint density at radius 3 is 2.75 bits per heavy atom. The minimum Gasteiger partial charge on any atom is -0.397 e. The van der Waals surface area contributed by atoms with Crippen molar-refractivity contribution >= 4 is 11.4 Å². The fraction of sp³-hybridized carbons (Fsp3) is 0.538. The minimum absolute atomic E-state index is 0.830. The molecule has 0 fully saturated rings. The Kier molecular flexibility index (Phi) is 5.72. The molecule has 0 aliphatic rings. The minimum atomic E-state index is 0.830. The SMILES string of the molecule is COCCCCCNc1ccc(C)cc1N. The van der Waals surface area contributed by atoms with Gasteiger partial charge in [-0.3, -0.25) is 0 Å². The summed E-state index contributed by atoms with van der Waals surface area (Å²) in [6.07, 6.45) is 3.46. The number of aryl methyl sites for hydroxylation is 1. The molecule has 90 valence electrons. The number of hydrogen-bond donors (Lipinski definition) is 2. The van der Waals surface area contributed by atoms with Crippen LogP contribution in [0.2, 0.25) is 0 Å². The van der Waals surface area contributed by atoms with Gasteiger partial charge in [-0.1, -0.05) is 6.07 Å². The van der Waals surface area contributed by atoms with Crippen molar-refractivity contribution in [2.75, 3.05) is 31.3 Å². The fourth-order valence-electron chi connectivity index (χ4n) is 1.61. The first-order chi connectivity index (χ1) is 7.74. The number of ether oxygens (including phenoxy) is 1. The van der Waals surface area contributed by atoms with E-state index >= 15 is 0 Å². The van der Waals surface area contributed by atoms with E-state index in [4.69, 9.17) is 10.5 Å². The Labute approximate surface area is 98.0 Å². The second-order valence-corrected chi connectivity index (χ2v) is 4.07. The number of rotatable bonds is 7. The zero-order valence-electron chi connectivity index (χ0n) is 10.3. The van der Waals surface area contributed by atoms with Gasteiger partial charge >= 0.3 is 0 Å². The van der Waals surface area contributed by atoms with Gasteiger partial charge in [-0.05, 0) is 43.9 Å². The molecule has 3 N–H and O–H groups in total. The van der Waals surface area contributed by atoms with E-state index in [1.54, 1.807) is 7.11 Å². The lowest BCUT2D eigenvalue weighted by Crippen LogP contribution is -2.04. The molecule has 1 aromatic rings. The van der Waals surface area contributed by atoms with E-state index in [2.05, 4.69) is 11.4 Å². The largest absolute Gasteiger partial charge is 0.397 e. The number of unbranched alkanes of at least 4 members (excludes halogenated alkanes) is 2. The number of nitrogen functional groups attached to an aromatic ring is 1. The zero-order chi connectivity index (χ0) is 11.8. The molecule has 0 aromatic heterocycles. The van der Waals surface area contributed by atoms with Crippen molar-refractivity contribution in [2.24, 2.45) is 0 Å². The average molecular weight is 222 g/mol. The van der Waals surface area contributed by atoms with E-state index in [0.717, 1.165) is 37.4 Å². The quantitative estimate of drug-likeness (QED) is 0.551. The van der Waals surface area contributed by atoms with Gasteiger partial charge in [0.05, 0.1) is 11.4 Å². The third-order valence-corrected chi connectivity index (χ3v) is 2.55. The molecule has 16 heavy (non-hydrogen) atoms. The molecule has 0 bridgehead atoms. The average Bonchev–Trinajstić information content (AvgIpc) is 2.26. The standard InChI is InChI=1S/C13H22N2O/c1-11-6-7-13(12(14)10-11)15-8-4-3-5-9-16-2/h6-7,10,15H,3-5,8-9,14H2,1-2H3. The Morgan fingerprint density at radius 1 is 1.25 bits per heavy atom. The molecule has 3 nitrogen and oxygen atoms in total. The van der Waals surface area contributed by atoms with E-state index in [1.807, 2.05) is 19.1 Å². The van der Waals surface area contributed by atoms with E-state index < -0.39 is 0 Å². The van der Waals surface area contributed by atoms with Gasteiger partial charge in [-0.2, -0.15) is 0 Å². The second-order valence-electron chi connectivity index (χ2n) is 4.07. The van der Waals surface area contributed by atoms with Crippen molar-refractivity contribution in [3.05, 3.63) is 23.8 Å². The first-order valence-corrected chi connectivity index (χ1v) is 5.83. The number of nitrogens with one attached hydrogen (secondary N) is 1. The van der Waals surface area contributed by atoms with Crippen LogP contribution in [0, 0.1) is 6.92 Å². The summed E-state index contributed by atoms with van der Waals surface area (Å²) in [5.74, 6) is 0. The summed E-state index contributed by atoms with van der Waals surface area (Å²) in [5, 5.41) is 3.35. The van der Waals surface area contributed by atoms with Crippen LogP contribution in [0.1, 0.15) is 24.8 Å². The molecule has 0 aliphatic carbocycles. The predicted molar refractivity (Wildman–Crippen MR) is 69.8 cm³/mol. The van der Waals surface area contributed by atoms with E-state index in [0.29, 0.717) is 0 Å². The first-order valence-electron chi connectivity index (χ1n) is 5.83. The van der Waals surface area contributed by atoms with Crippen molar-refractivity contribution in [1.29, 1.82) is 0 Å². The van der Waals surface area contributed by atoms with E-state index in [1.165, 1.54) is 12.0 Å². The summed E-state index contributed by atoms with van der Waals surface area (Å²) in [4.78, 5) is 0. The summed E-state index contributed by atoms with van der Waals surface area (Å²) in [5.41, 5.74) is 8.97. The van der Waals surface area contributed by atoms with Gasteiger partial charge in [0, 0.05) is 20.3 Å². The summed E-state index contributed by atoms with van der Waals surface area (Å²) in [7, 11) is 1.74. The number of hydrogen-bond acceptors (Lipinski definition) is 3. The van der Waals surface area contributed by atoms with Crippen LogP contribution in [-0.4, -0.2) is 20.3 Å². The summed E-state index contributed by atoms with van der Waals surface area (Å²) in [6.45, 7) is 3.87. The van der Waals surface area contributed by atoms with Gasteiger partial charge in [0.25, 0.3) is 0 Å². The Hall–Kier alpha value is -1.22. The normalized spacial score (nSPS) is 10.4. The third kappa shape index (κ3) is 4.53. The smallest absolute Gasteiger partial charge is 0.0574 e. The molecule has 0 saturated heterocycles. The molecule has 1 aromatic carbocycles. The number of anilines is 2. The lowest BCUT2D eigenvalue weighted by Gasteiger charge is -2.09. The van der Waals surface area contributed by atoms with Crippen molar-refractivity contribution in [3.8, 4) is 0 Å². The lowest BCUT2D eigenvalue weighted by molar-refractivity contribution is 0.192. The third-order valence-electron chi connectivity index (χ3n) is 2.55. The molecule has 0 amide bonds. The molecule has 0 spiro atoms.